The summed E-state index contributed by atoms with van der Waals surface area (Å²) >= 11 is 0. The lowest BCUT2D eigenvalue weighted by Gasteiger charge is -2.23. The lowest BCUT2D eigenvalue weighted by atomic mass is 10.0. The number of alkyl carbamates (subject to hydrolysis) is 1. The van der Waals surface area contributed by atoms with Crippen molar-refractivity contribution >= 4 is 18.0 Å². The van der Waals surface area contributed by atoms with Crippen molar-refractivity contribution in [2.75, 3.05) is 6.61 Å². The Labute approximate surface area is 210 Å². The lowest BCUT2D eigenvalue weighted by Crippen LogP contribution is -2.53. The second kappa shape index (κ2) is 13.5. The average molecular weight is 491 g/mol. The maximum atomic E-state index is 13.3. The molecule has 0 unspecified atom stereocenters. The van der Waals surface area contributed by atoms with Crippen LogP contribution in [-0.4, -0.2) is 41.8 Å². The molecule has 0 fully saturated rings. The Morgan fingerprint density at radius 3 is 1.89 bits per heavy atom. The van der Waals surface area contributed by atoms with Crippen LogP contribution in [0.25, 0.3) is 0 Å². The smallest absolute Gasteiger partial charge is 0.408 e. The SMILES string of the molecule is CCOC(=O)[C@H](Cc1ccc(O)cc1)NC(=O)[C@H](Cc1ccccc1)NC(=O)OCc1ccccc1. The van der Waals surface area contributed by atoms with Gasteiger partial charge in [-0.05, 0) is 35.7 Å². The molecule has 2 amide bonds. The van der Waals surface area contributed by atoms with Crippen LogP contribution in [0.2, 0.25) is 0 Å². The molecule has 0 aliphatic heterocycles. The summed E-state index contributed by atoms with van der Waals surface area (Å²) in [6, 6.07) is 22.8. The number of esters is 1. The number of amides is 2. The molecule has 3 N–H and O–H groups in total. The number of ether oxygens (including phenoxy) is 2. The molecule has 0 spiro atoms. The van der Waals surface area contributed by atoms with Crippen LogP contribution < -0.4 is 10.6 Å². The molecule has 0 saturated carbocycles. The van der Waals surface area contributed by atoms with Gasteiger partial charge in [0.25, 0.3) is 0 Å². The van der Waals surface area contributed by atoms with Gasteiger partial charge in [0.1, 0.15) is 24.4 Å². The molecule has 0 heterocycles. The number of phenolic OH excluding ortho intramolecular Hbond substituents is 1. The molecule has 0 aromatic heterocycles. The predicted molar refractivity (Wildman–Crippen MR) is 134 cm³/mol. The van der Waals surface area contributed by atoms with Crippen LogP contribution in [0.1, 0.15) is 23.6 Å². The van der Waals surface area contributed by atoms with Gasteiger partial charge in [0.2, 0.25) is 5.91 Å². The number of aromatic hydroxyl groups is 1. The summed E-state index contributed by atoms with van der Waals surface area (Å²) < 4.78 is 10.5. The number of hydrogen-bond donors (Lipinski definition) is 3. The van der Waals surface area contributed by atoms with Crippen LogP contribution in [0.5, 0.6) is 5.75 Å². The number of rotatable bonds is 11. The number of phenols is 1. The van der Waals surface area contributed by atoms with Gasteiger partial charge in [0.15, 0.2) is 0 Å². The highest BCUT2D eigenvalue weighted by Crippen LogP contribution is 2.13. The fraction of sp³-hybridized carbons (Fsp3) is 0.250. The highest BCUT2D eigenvalue weighted by molar-refractivity contribution is 5.90. The van der Waals surface area contributed by atoms with E-state index in [-0.39, 0.29) is 31.8 Å². The Balaban J connectivity index is 1.72. The molecule has 0 bridgehead atoms. The van der Waals surface area contributed by atoms with Gasteiger partial charge >= 0.3 is 12.1 Å². The topological polar surface area (TPSA) is 114 Å². The zero-order chi connectivity index (χ0) is 25.8. The van der Waals surface area contributed by atoms with Crippen LogP contribution in [-0.2, 0) is 38.5 Å². The normalized spacial score (nSPS) is 12.1. The fourth-order valence-corrected chi connectivity index (χ4v) is 3.54. The van der Waals surface area contributed by atoms with Crippen LogP contribution in [0.3, 0.4) is 0 Å². The summed E-state index contributed by atoms with van der Waals surface area (Å²) in [6.45, 7) is 1.89. The molecule has 0 radical (unpaired) electrons. The molecule has 188 valence electrons. The standard InChI is InChI=1S/C28H30N2O6/c1-2-35-27(33)25(18-21-13-15-23(31)16-14-21)29-26(32)24(17-20-9-5-3-6-10-20)30-28(34)36-19-22-11-7-4-8-12-22/h3-16,24-25,31H,2,17-19H2,1H3,(H,29,32)(H,30,34)/t24-,25-/m0/s1. The molecule has 36 heavy (non-hydrogen) atoms. The van der Waals surface area contributed by atoms with Crippen molar-refractivity contribution in [3.8, 4) is 5.75 Å². The first-order chi connectivity index (χ1) is 17.4. The first-order valence-corrected chi connectivity index (χ1v) is 11.7. The average Bonchev–Trinajstić information content (AvgIpc) is 2.89. The van der Waals surface area contributed by atoms with Crippen molar-refractivity contribution < 1.29 is 29.0 Å². The van der Waals surface area contributed by atoms with Gasteiger partial charge in [0.05, 0.1) is 6.61 Å². The van der Waals surface area contributed by atoms with Crippen molar-refractivity contribution in [1.82, 2.24) is 10.6 Å². The third-order valence-electron chi connectivity index (χ3n) is 5.37. The van der Waals surface area contributed by atoms with E-state index in [1.807, 2.05) is 60.7 Å². The van der Waals surface area contributed by atoms with E-state index in [0.29, 0.717) is 0 Å². The second-order valence-corrected chi connectivity index (χ2v) is 8.13. The van der Waals surface area contributed by atoms with Gasteiger partial charge in [-0.3, -0.25) is 4.79 Å². The molecular formula is C28H30N2O6. The third-order valence-corrected chi connectivity index (χ3v) is 5.37. The summed E-state index contributed by atoms with van der Waals surface area (Å²) in [5.74, 6) is -1.05. The third kappa shape index (κ3) is 8.47. The summed E-state index contributed by atoms with van der Waals surface area (Å²) in [4.78, 5) is 38.4. The zero-order valence-electron chi connectivity index (χ0n) is 20.1. The fourth-order valence-electron chi connectivity index (χ4n) is 3.54. The Kier molecular flexibility index (Phi) is 9.88. The van der Waals surface area contributed by atoms with Crippen LogP contribution in [0.15, 0.2) is 84.9 Å². The first-order valence-electron chi connectivity index (χ1n) is 11.7. The monoisotopic (exact) mass is 490 g/mol. The maximum absolute atomic E-state index is 13.3. The molecule has 3 aromatic rings. The molecule has 2 atom stereocenters. The second-order valence-electron chi connectivity index (χ2n) is 8.13. The largest absolute Gasteiger partial charge is 0.508 e. The minimum Gasteiger partial charge on any atom is -0.508 e. The molecule has 0 aliphatic carbocycles. The molecule has 3 rings (SSSR count). The predicted octanol–water partition coefficient (Wildman–Crippen LogP) is 3.52. The van der Waals surface area contributed by atoms with Crippen molar-refractivity contribution in [1.29, 1.82) is 0 Å². The minimum absolute atomic E-state index is 0.0542. The molecule has 3 aromatic carbocycles. The van der Waals surface area contributed by atoms with Gasteiger partial charge in [0, 0.05) is 12.8 Å². The Morgan fingerprint density at radius 2 is 1.28 bits per heavy atom. The van der Waals surface area contributed by atoms with Gasteiger partial charge in [-0.15, -0.1) is 0 Å². The minimum atomic E-state index is -0.993. The number of nitrogens with one attached hydrogen (secondary N) is 2. The number of carbonyl (C=O) groups excluding carboxylic acids is 3. The van der Waals surface area contributed by atoms with Crippen LogP contribution >= 0.6 is 0 Å². The van der Waals surface area contributed by atoms with E-state index in [0.717, 1.165) is 16.7 Å². The van der Waals surface area contributed by atoms with Gasteiger partial charge in [-0.1, -0.05) is 72.8 Å². The molecular weight excluding hydrogens is 460 g/mol. The first kappa shape index (κ1) is 26.3. The van der Waals surface area contributed by atoms with Crippen LogP contribution in [0.4, 0.5) is 4.79 Å². The molecule has 0 aliphatic rings. The van der Waals surface area contributed by atoms with E-state index in [1.165, 1.54) is 12.1 Å². The Hall–Kier alpha value is -4.33. The van der Waals surface area contributed by atoms with E-state index in [9.17, 15) is 19.5 Å². The summed E-state index contributed by atoms with van der Waals surface area (Å²) in [5.41, 5.74) is 2.36. The van der Waals surface area contributed by atoms with Gasteiger partial charge in [-0.2, -0.15) is 0 Å². The van der Waals surface area contributed by atoms with Crippen molar-refractivity contribution in [2.45, 2.75) is 38.5 Å². The summed E-state index contributed by atoms with van der Waals surface area (Å²) in [6.07, 6.45) is -0.399. The van der Waals surface area contributed by atoms with Crippen molar-refractivity contribution in [2.24, 2.45) is 0 Å². The highest BCUT2D eigenvalue weighted by Gasteiger charge is 2.28. The Bertz CT molecular complexity index is 1120. The molecule has 0 saturated heterocycles. The van der Waals surface area contributed by atoms with Gasteiger partial charge in [-0.25, -0.2) is 9.59 Å². The van der Waals surface area contributed by atoms with Crippen molar-refractivity contribution in [3.05, 3.63) is 102 Å². The van der Waals surface area contributed by atoms with Gasteiger partial charge < -0.3 is 25.2 Å². The van der Waals surface area contributed by atoms with E-state index >= 15 is 0 Å². The number of benzene rings is 3. The van der Waals surface area contributed by atoms with E-state index in [2.05, 4.69) is 10.6 Å². The zero-order valence-corrected chi connectivity index (χ0v) is 20.1. The number of hydrogen-bond acceptors (Lipinski definition) is 6. The van der Waals surface area contributed by atoms with E-state index in [4.69, 9.17) is 9.47 Å². The molecule has 8 heteroatoms. The quantitative estimate of drug-likeness (QED) is 0.355. The maximum Gasteiger partial charge on any atom is 0.408 e. The molecule has 8 nitrogen and oxygen atoms in total. The van der Waals surface area contributed by atoms with E-state index in [1.54, 1.807) is 19.1 Å². The lowest BCUT2D eigenvalue weighted by molar-refractivity contribution is -0.147. The number of carbonyl (C=O) groups is 3. The van der Waals surface area contributed by atoms with Crippen LogP contribution in [0, 0.1) is 0 Å². The summed E-state index contributed by atoms with van der Waals surface area (Å²) in [5, 5.41) is 14.9. The van der Waals surface area contributed by atoms with Crippen molar-refractivity contribution in [3.63, 3.8) is 0 Å². The van der Waals surface area contributed by atoms with E-state index < -0.39 is 30.1 Å². The Morgan fingerprint density at radius 1 is 0.722 bits per heavy atom. The summed E-state index contributed by atoms with van der Waals surface area (Å²) in [7, 11) is 0. The highest BCUT2D eigenvalue weighted by atomic mass is 16.5.